The second-order valence-electron chi connectivity index (χ2n) is 7.13. The van der Waals surface area contributed by atoms with Crippen LogP contribution in [-0.4, -0.2) is 59.3 Å². The van der Waals surface area contributed by atoms with Gasteiger partial charge < -0.3 is 15.7 Å². The predicted molar refractivity (Wildman–Crippen MR) is 85.5 cm³/mol. The van der Waals surface area contributed by atoms with Crippen molar-refractivity contribution in [2.45, 2.75) is 76.1 Å². The molecule has 1 saturated heterocycles. The number of likely N-dealkylation sites (tertiary alicyclic amines) is 1. The van der Waals surface area contributed by atoms with Crippen LogP contribution in [0.4, 0.5) is 0 Å². The van der Waals surface area contributed by atoms with Gasteiger partial charge in [0.2, 0.25) is 0 Å². The molecule has 2 unspecified atom stereocenters. The Balaban J connectivity index is 1.53. The zero-order valence-electron chi connectivity index (χ0n) is 13.4. The van der Waals surface area contributed by atoms with Crippen LogP contribution in [0.1, 0.15) is 52.4 Å². The Morgan fingerprint density at radius 2 is 2.14 bits per heavy atom. The van der Waals surface area contributed by atoms with Crippen molar-refractivity contribution in [2.24, 2.45) is 4.99 Å². The Bertz CT molecular complexity index is 390. The van der Waals surface area contributed by atoms with Gasteiger partial charge in [-0.1, -0.05) is 0 Å². The monoisotopic (exact) mass is 294 g/mol. The minimum atomic E-state index is -0.536. The molecule has 3 fully saturated rings. The third-order valence-corrected chi connectivity index (χ3v) is 5.14. The van der Waals surface area contributed by atoms with Crippen LogP contribution in [0.3, 0.4) is 0 Å². The molecule has 3 rings (SSSR count). The van der Waals surface area contributed by atoms with Gasteiger partial charge in [0.05, 0.1) is 12.1 Å². The van der Waals surface area contributed by atoms with Crippen LogP contribution in [0.25, 0.3) is 0 Å². The quantitative estimate of drug-likeness (QED) is 0.525. The molecule has 0 bridgehead atoms. The SMILES string of the molecule is CCNC(=NCC1(O)CCC1)NC1CC(C)N(C2CC2)C1. The normalized spacial score (nSPS) is 32.8. The lowest BCUT2D eigenvalue weighted by Crippen LogP contribution is -2.46. The van der Waals surface area contributed by atoms with Crippen LogP contribution in [0.2, 0.25) is 0 Å². The fourth-order valence-corrected chi connectivity index (χ4v) is 3.56. The zero-order valence-corrected chi connectivity index (χ0v) is 13.4. The van der Waals surface area contributed by atoms with Crippen LogP contribution in [-0.2, 0) is 0 Å². The first-order valence-corrected chi connectivity index (χ1v) is 8.62. The second kappa shape index (κ2) is 6.13. The van der Waals surface area contributed by atoms with Gasteiger partial charge in [0.1, 0.15) is 0 Å². The Hall–Kier alpha value is -0.810. The molecule has 120 valence electrons. The van der Waals surface area contributed by atoms with Crippen molar-refractivity contribution in [3.05, 3.63) is 0 Å². The van der Waals surface area contributed by atoms with E-state index in [1.54, 1.807) is 0 Å². The lowest BCUT2D eigenvalue weighted by atomic mass is 9.80. The smallest absolute Gasteiger partial charge is 0.191 e. The summed E-state index contributed by atoms with van der Waals surface area (Å²) in [6, 6.07) is 1.99. The number of nitrogens with one attached hydrogen (secondary N) is 2. The van der Waals surface area contributed by atoms with E-state index in [2.05, 4.69) is 34.4 Å². The van der Waals surface area contributed by atoms with Crippen LogP contribution >= 0.6 is 0 Å². The summed E-state index contributed by atoms with van der Waals surface area (Å²) in [4.78, 5) is 7.25. The van der Waals surface area contributed by atoms with Gasteiger partial charge in [-0.05, 0) is 52.4 Å². The van der Waals surface area contributed by atoms with E-state index in [0.717, 1.165) is 44.4 Å². The van der Waals surface area contributed by atoms with Crippen LogP contribution in [0.5, 0.6) is 0 Å². The maximum absolute atomic E-state index is 10.2. The molecule has 0 spiro atoms. The first-order valence-electron chi connectivity index (χ1n) is 8.62. The summed E-state index contributed by atoms with van der Waals surface area (Å²) in [5.41, 5.74) is -0.536. The molecule has 5 heteroatoms. The minimum absolute atomic E-state index is 0.481. The molecule has 2 saturated carbocycles. The topological polar surface area (TPSA) is 59.9 Å². The van der Waals surface area contributed by atoms with Crippen LogP contribution < -0.4 is 10.6 Å². The van der Waals surface area contributed by atoms with Crippen molar-refractivity contribution in [3.63, 3.8) is 0 Å². The summed E-state index contributed by atoms with van der Waals surface area (Å²) < 4.78 is 0. The number of rotatable bonds is 5. The van der Waals surface area contributed by atoms with Gasteiger partial charge in [0.15, 0.2) is 5.96 Å². The summed E-state index contributed by atoms with van der Waals surface area (Å²) in [5, 5.41) is 17.1. The van der Waals surface area contributed by atoms with E-state index in [1.165, 1.54) is 19.3 Å². The molecule has 0 aromatic carbocycles. The van der Waals surface area contributed by atoms with E-state index in [-0.39, 0.29) is 0 Å². The van der Waals surface area contributed by atoms with Gasteiger partial charge >= 0.3 is 0 Å². The molecule has 0 radical (unpaired) electrons. The molecule has 2 atom stereocenters. The van der Waals surface area contributed by atoms with Crippen molar-refractivity contribution in [1.29, 1.82) is 0 Å². The van der Waals surface area contributed by atoms with Crippen molar-refractivity contribution in [1.82, 2.24) is 15.5 Å². The molecular weight excluding hydrogens is 264 g/mol. The summed E-state index contributed by atoms with van der Waals surface area (Å²) >= 11 is 0. The number of hydrogen-bond acceptors (Lipinski definition) is 3. The summed E-state index contributed by atoms with van der Waals surface area (Å²) in [5.74, 6) is 0.868. The number of nitrogens with zero attached hydrogens (tertiary/aromatic N) is 2. The molecule has 3 N–H and O–H groups in total. The van der Waals surface area contributed by atoms with Gasteiger partial charge in [0, 0.05) is 31.2 Å². The van der Waals surface area contributed by atoms with Crippen molar-refractivity contribution in [2.75, 3.05) is 19.6 Å². The lowest BCUT2D eigenvalue weighted by Gasteiger charge is -2.35. The third-order valence-electron chi connectivity index (χ3n) is 5.14. The van der Waals surface area contributed by atoms with E-state index >= 15 is 0 Å². The first kappa shape index (κ1) is 15.1. The average Bonchev–Trinajstić information content (AvgIpc) is 3.19. The average molecular weight is 294 g/mol. The standard InChI is InChI=1S/C16H30N4O/c1-3-17-15(18-11-16(21)7-4-8-16)19-13-9-12(2)20(10-13)14-5-6-14/h12-14,21H,3-11H2,1-2H3,(H2,17,18,19). The second-order valence-corrected chi connectivity index (χ2v) is 7.13. The zero-order chi connectivity index (χ0) is 14.9. The Morgan fingerprint density at radius 1 is 1.38 bits per heavy atom. The summed E-state index contributed by atoms with van der Waals surface area (Å²) in [6.45, 7) is 6.93. The molecular formula is C16H30N4O. The van der Waals surface area contributed by atoms with Gasteiger partial charge in [-0.2, -0.15) is 0 Å². The van der Waals surface area contributed by atoms with Crippen LogP contribution in [0, 0.1) is 0 Å². The van der Waals surface area contributed by atoms with E-state index in [9.17, 15) is 5.11 Å². The first-order chi connectivity index (χ1) is 10.1. The molecule has 0 aromatic rings. The van der Waals surface area contributed by atoms with E-state index in [0.29, 0.717) is 18.6 Å². The molecule has 3 aliphatic rings. The minimum Gasteiger partial charge on any atom is -0.388 e. The van der Waals surface area contributed by atoms with Gasteiger partial charge in [-0.3, -0.25) is 9.89 Å². The molecule has 1 aliphatic heterocycles. The number of aliphatic hydroxyl groups is 1. The van der Waals surface area contributed by atoms with Crippen molar-refractivity contribution < 1.29 is 5.11 Å². The third kappa shape index (κ3) is 3.69. The summed E-state index contributed by atoms with van der Waals surface area (Å²) in [7, 11) is 0. The fraction of sp³-hybridized carbons (Fsp3) is 0.938. The summed E-state index contributed by atoms with van der Waals surface area (Å²) in [6.07, 6.45) is 6.85. The Kier molecular flexibility index (Phi) is 4.41. The van der Waals surface area contributed by atoms with Gasteiger partial charge in [-0.15, -0.1) is 0 Å². The van der Waals surface area contributed by atoms with E-state index in [4.69, 9.17) is 0 Å². The predicted octanol–water partition coefficient (Wildman–Crippen LogP) is 1.08. The molecule has 0 amide bonds. The van der Waals surface area contributed by atoms with E-state index < -0.39 is 5.60 Å². The number of aliphatic imine (C=N–C) groups is 1. The maximum atomic E-state index is 10.2. The highest BCUT2D eigenvalue weighted by molar-refractivity contribution is 5.80. The highest BCUT2D eigenvalue weighted by atomic mass is 16.3. The van der Waals surface area contributed by atoms with Crippen LogP contribution in [0.15, 0.2) is 4.99 Å². The highest BCUT2D eigenvalue weighted by Gasteiger charge is 2.39. The molecule has 1 heterocycles. The fourth-order valence-electron chi connectivity index (χ4n) is 3.56. The largest absolute Gasteiger partial charge is 0.388 e. The molecule has 21 heavy (non-hydrogen) atoms. The van der Waals surface area contributed by atoms with Crippen molar-refractivity contribution in [3.8, 4) is 0 Å². The Labute approximate surface area is 128 Å². The van der Waals surface area contributed by atoms with Gasteiger partial charge in [0.25, 0.3) is 0 Å². The van der Waals surface area contributed by atoms with E-state index in [1.807, 2.05) is 0 Å². The lowest BCUT2D eigenvalue weighted by molar-refractivity contribution is -0.0236. The highest BCUT2D eigenvalue weighted by Crippen LogP contribution is 2.33. The maximum Gasteiger partial charge on any atom is 0.191 e. The van der Waals surface area contributed by atoms with Gasteiger partial charge in [-0.25, -0.2) is 0 Å². The molecule has 2 aliphatic carbocycles. The number of hydrogen-bond donors (Lipinski definition) is 3. The molecule has 5 nitrogen and oxygen atoms in total. The molecule has 0 aromatic heterocycles. The Morgan fingerprint density at radius 3 is 2.71 bits per heavy atom. The van der Waals surface area contributed by atoms with Crippen molar-refractivity contribution >= 4 is 5.96 Å². The number of guanidine groups is 1.